The van der Waals surface area contributed by atoms with Gasteiger partial charge in [0.25, 0.3) is 0 Å². The van der Waals surface area contributed by atoms with Crippen molar-refractivity contribution in [2.45, 2.75) is 0 Å². The molecule has 0 aliphatic carbocycles. The van der Waals surface area contributed by atoms with Crippen molar-refractivity contribution in [2.75, 3.05) is 0 Å². The zero-order chi connectivity index (χ0) is 13.7. The maximum absolute atomic E-state index is 10.8. The van der Waals surface area contributed by atoms with Crippen LogP contribution in [-0.4, -0.2) is 21.0 Å². The van der Waals surface area contributed by atoms with E-state index in [0.29, 0.717) is 15.6 Å². The lowest BCUT2D eigenvalue weighted by Gasteiger charge is -1.92. The molecule has 7 nitrogen and oxygen atoms in total. The van der Waals surface area contributed by atoms with E-state index in [4.69, 9.17) is 10.6 Å². The Balaban J connectivity index is 2.34. The van der Waals surface area contributed by atoms with E-state index in [-0.39, 0.29) is 5.70 Å². The molecule has 0 amide bonds. The standard InChI is InChI=1S/C11H7N5O2S/c12-16-15-9(11(17)18)5-7-6-14-10(19-7)8-3-1-2-4-13-8/h1-6H,(H,17,18)/b9-5-. The molecule has 8 heteroatoms. The van der Waals surface area contributed by atoms with Gasteiger partial charge in [-0.3, -0.25) is 4.98 Å². The van der Waals surface area contributed by atoms with E-state index in [1.807, 2.05) is 6.07 Å². The molecular formula is C11H7N5O2S. The highest BCUT2D eigenvalue weighted by molar-refractivity contribution is 7.15. The molecule has 0 aliphatic heterocycles. The number of nitrogens with zero attached hydrogens (tertiary/aromatic N) is 5. The minimum absolute atomic E-state index is 0.376. The van der Waals surface area contributed by atoms with Crippen molar-refractivity contribution in [3.63, 3.8) is 0 Å². The second kappa shape index (κ2) is 5.76. The van der Waals surface area contributed by atoms with Crippen LogP contribution in [-0.2, 0) is 4.79 Å². The van der Waals surface area contributed by atoms with Crippen LogP contribution in [0, 0.1) is 0 Å². The van der Waals surface area contributed by atoms with Crippen LogP contribution in [0.5, 0.6) is 0 Å². The normalized spacial score (nSPS) is 10.8. The number of carboxylic acid groups (broad SMARTS) is 1. The fourth-order valence-electron chi connectivity index (χ4n) is 1.28. The number of thiazole rings is 1. The van der Waals surface area contributed by atoms with Gasteiger partial charge in [-0.25, -0.2) is 9.78 Å². The van der Waals surface area contributed by atoms with Gasteiger partial charge in [-0.1, -0.05) is 11.2 Å². The lowest BCUT2D eigenvalue weighted by atomic mass is 10.4. The van der Waals surface area contributed by atoms with Crippen molar-refractivity contribution in [1.82, 2.24) is 9.97 Å². The zero-order valence-corrected chi connectivity index (χ0v) is 10.3. The first-order valence-corrected chi connectivity index (χ1v) is 5.89. The molecule has 0 aliphatic rings. The van der Waals surface area contributed by atoms with Crippen molar-refractivity contribution < 1.29 is 9.90 Å². The van der Waals surface area contributed by atoms with Crippen molar-refractivity contribution in [3.8, 4) is 10.7 Å². The van der Waals surface area contributed by atoms with Crippen LogP contribution in [0.15, 0.2) is 41.4 Å². The van der Waals surface area contributed by atoms with Crippen LogP contribution in [0.2, 0.25) is 0 Å². The predicted octanol–water partition coefficient (Wildman–Crippen LogP) is 2.94. The first kappa shape index (κ1) is 12.7. The van der Waals surface area contributed by atoms with Crippen LogP contribution >= 0.6 is 11.3 Å². The number of hydrogen-bond donors (Lipinski definition) is 1. The van der Waals surface area contributed by atoms with Gasteiger partial charge in [0.15, 0.2) is 0 Å². The molecule has 94 valence electrons. The van der Waals surface area contributed by atoms with Crippen LogP contribution in [0.25, 0.3) is 27.2 Å². The first-order chi connectivity index (χ1) is 9.20. The highest BCUT2D eigenvalue weighted by atomic mass is 32.1. The molecule has 0 aromatic carbocycles. The fraction of sp³-hybridized carbons (Fsp3) is 0. The van der Waals surface area contributed by atoms with Gasteiger partial charge >= 0.3 is 5.97 Å². The monoisotopic (exact) mass is 273 g/mol. The largest absolute Gasteiger partial charge is 0.478 e. The van der Waals surface area contributed by atoms with Crippen LogP contribution in [0.4, 0.5) is 0 Å². The van der Waals surface area contributed by atoms with E-state index in [2.05, 4.69) is 20.0 Å². The van der Waals surface area contributed by atoms with Crippen molar-refractivity contribution in [2.24, 2.45) is 5.11 Å². The number of carbonyl (C=O) groups is 1. The number of aliphatic carboxylic acids is 1. The van der Waals surface area contributed by atoms with E-state index < -0.39 is 5.97 Å². The molecule has 0 fully saturated rings. The fourth-order valence-corrected chi connectivity index (χ4v) is 2.11. The summed E-state index contributed by atoms with van der Waals surface area (Å²) in [6, 6.07) is 5.43. The average molecular weight is 273 g/mol. The second-order valence-corrected chi connectivity index (χ2v) is 4.37. The third-order valence-corrected chi connectivity index (χ3v) is 3.02. The Morgan fingerprint density at radius 2 is 2.32 bits per heavy atom. The molecule has 2 heterocycles. The average Bonchev–Trinajstić information content (AvgIpc) is 2.88. The van der Waals surface area contributed by atoms with Gasteiger partial charge in [-0.2, -0.15) is 0 Å². The number of aromatic nitrogens is 2. The highest BCUT2D eigenvalue weighted by Gasteiger charge is 2.08. The molecule has 0 spiro atoms. The van der Waals surface area contributed by atoms with Crippen LogP contribution in [0.3, 0.4) is 0 Å². The lowest BCUT2D eigenvalue weighted by Crippen LogP contribution is -1.95. The second-order valence-electron chi connectivity index (χ2n) is 3.31. The zero-order valence-electron chi connectivity index (χ0n) is 9.46. The van der Waals surface area contributed by atoms with Gasteiger partial charge in [-0.15, -0.1) is 11.3 Å². The van der Waals surface area contributed by atoms with Crippen LogP contribution < -0.4 is 0 Å². The summed E-state index contributed by atoms with van der Waals surface area (Å²) in [5.41, 5.74) is 8.60. The lowest BCUT2D eigenvalue weighted by molar-refractivity contribution is -0.132. The molecule has 1 N–H and O–H groups in total. The van der Waals surface area contributed by atoms with Gasteiger partial charge in [-0.05, 0) is 23.7 Å². The third kappa shape index (κ3) is 3.15. The van der Waals surface area contributed by atoms with Gasteiger partial charge in [0, 0.05) is 22.2 Å². The predicted molar refractivity (Wildman–Crippen MR) is 70.1 cm³/mol. The topological polar surface area (TPSA) is 112 Å². The highest BCUT2D eigenvalue weighted by Crippen LogP contribution is 2.24. The molecule has 0 saturated carbocycles. The van der Waals surface area contributed by atoms with E-state index in [0.717, 1.165) is 0 Å². The van der Waals surface area contributed by atoms with E-state index in [9.17, 15) is 4.79 Å². The van der Waals surface area contributed by atoms with E-state index in [1.165, 1.54) is 23.6 Å². The summed E-state index contributed by atoms with van der Waals surface area (Å²) in [4.78, 5) is 22.1. The Hall–Kier alpha value is -2.70. The summed E-state index contributed by atoms with van der Waals surface area (Å²) in [6.07, 6.45) is 4.42. The minimum atomic E-state index is -1.29. The summed E-state index contributed by atoms with van der Waals surface area (Å²) in [7, 11) is 0. The molecule has 2 aromatic heterocycles. The molecule has 2 aromatic rings. The molecule has 0 radical (unpaired) electrons. The summed E-state index contributed by atoms with van der Waals surface area (Å²) in [5, 5.41) is 12.6. The smallest absolute Gasteiger partial charge is 0.338 e. The Bertz CT molecular complexity index is 669. The maximum Gasteiger partial charge on any atom is 0.338 e. The van der Waals surface area contributed by atoms with Crippen molar-refractivity contribution >= 4 is 23.4 Å². The SMILES string of the molecule is [N-]=[N+]=N/C(=C\c1cnc(-c2ccccn2)s1)C(=O)O. The Kier molecular flexibility index (Phi) is 3.87. The first-order valence-electron chi connectivity index (χ1n) is 5.08. The summed E-state index contributed by atoms with van der Waals surface area (Å²) in [6.45, 7) is 0. The van der Waals surface area contributed by atoms with Crippen molar-refractivity contribution in [1.29, 1.82) is 0 Å². The number of hydrogen-bond acceptors (Lipinski definition) is 5. The Morgan fingerprint density at radius 3 is 2.95 bits per heavy atom. The molecule has 2 rings (SSSR count). The summed E-state index contributed by atoms with van der Waals surface area (Å²) in [5.74, 6) is -1.29. The van der Waals surface area contributed by atoms with E-state index in [1.54, 1.807) is 18.3 Å². The van der Waals surface area contributed by atoms with Gasteiger partial charge in [0.2, 0.25) is 0 Å². The summed E-state index contributed by atoms with van der Waals surface area (Å²) < 4.78 is 0. The third-order valence-electron chi connectivity index (χ3n) is 2.06. The van der Waals surface area contributed by atoms with Crippen LogP contribution in [0.1, 0.15) is 4.88 Å². The number of azide groups is 1. The molecule has 0 saturated heterocycles. The Labute approximate surface area is 111 Å². The number of rotatable bonds is 4. The van der Waals surface area contributed by atoms with Gasteiger partial charge < -0.3 is 5.11 Å². The van der Waals surface area contributed by atoms with E-state index >= 15 is 0 Å². The molecule has 0 unspecified atom stereocenters. The number of carboxylic acids is 1. The molecular weight excluding hydrogens is 266 g/mol. The molecule has 0 bridgehead atoms. The minimum Gasteiger partial charge on any atom is -0.478 e. The molecule has 0 atom stereocenters. The Morgan fingerprint density at radius 1 is 1.47 bits per heavy atom. The quantitative estimate of drug-likeness (QED) is 0.399. The number of pyridine rings is 1. The molecule has 19 heavy (non-hydrogen) atoms. The maximum atomic E-state index is 10.8. The van der Waals surface area contributed by atoms with Gasteiger partial charge in [0.1, 0.15) is 10.7 Å². The van der Waals surface area contributed by atoms with Gasteiger partial charge in [0.05, 0.1) is 5.69 Å². The van der Waals surface area contributed by atoms with Crippen molar-refractivity contribution in [3.05, 3.63) is 51.6 Å². The summed E-state index contributed by atoms with van der Waals surface area (Å²) >= 11 is 1.26.